The standard InChI is InChI=1S/C15H24N2O3S/c1-17(2)21(19,20)14-9-5-4-8-13(14)16-12-15(18)10-6-3-7-11-15/h4-5,8-9,16,18H,3,6-7,10-12H2,1-2H3. The van der Waals surface area contributed by atoms with Gasteiger partial charge in [0.2, 0.25) is 10.0 Å². The zero-order valence-corrected chi connectivity index (χ0v) is 13.5. The highest BCUT2D eigenvalue weighted by Crippen LogP contribution is 2.29. The van der Waals surface area contributed by atoms with Gasteiger partial charge in [-0.05, 0) is 25.0 Å². The molecule has 6 heteroatoms. The van der Waals surface area contributed by atoms with Crippen LogP contribution in [0.25, 0.3) is 0 Å². The minimum absolute atomic E-state index is 0.245. The maximum Gasteiger partial charge on any atom is 0.244 e. The maximum absolute atomic E-state index is 12.3. The van der Waals surface area contributed by atoms with Crippen molar-refractivity contribution in [3.63, 3.8) is 0 Å². The van der Waals surface area contributed by atoms with Gasteiger partial charge in [0.25, 0.3) is 0 Å². The van der Waals surface area contributed by atoms with E-state index in [1.807, 2.05) is 0 Å². The van der Waals surface area contributed by atoms with Gasteiger partial charge in [-0.1, -0.05) is 31.4 Å². The molecular formula is C15H24N2O3S. The average molecular weight is 312 g/mol. The number of benzene rings is 1. The van der Waals surface area contributed by atoms with Gasteiger partial charge in [-0.2, -0.15) is 0 Å². The lowest BCUT2D eigenvalue weighted by molar-refractivity contribution is 0.0167. The van der Waals surface area contributed by atoms with Crippen LogP contribution in [0.1, 0.15) is 32.1 Å². The van der Waals surface area contributed by atoms with E-state index in [0.717, 1.165) is 32.1 Å². The first-order valence-corrected chi connectivity index (χ1v) is 8.77. The molecule has 1 fully saturated rings. The monoisotopic (exact) mass is 312 g/mol. The second-order valence-electron chi connectivity index (χ2n) is 5.92. The number of anilines is 1. The van der Waals surface area contributed by atoms with Crippen molar-refractivity contribution in [2.45, 2.75) is 42.6 Å². The lowest BCUT2D eigenvalue weighted by atomic mass is 9.85. The number of hydrogen-bond acceptors (Lipinski definition) is 4. The predicted molar refractivity (Wildman–Crippen MR) is 83.8 cm³/mol. The zero-order valence-electron chi connectivity index (χ0n) is 12.7. The molecule has 5 nitrogen and oxygen atoms in total. The highest BCUT2D eigenvalue weighted by molar-refractivity contribution is 7.89. The topological polar surface area (TPSA) is 69.6 Å². The van der Waals surface area contributed by atoms with E-state index in [4.69, 9.17) is 0 Å². The predicted octanol–water partition coefficient (Wildman–Crippen LogP) is 2.04. The van der Waals surface area contributed by atoms with E-state index in [1.54, 1.807) is 24.3 Å². The molecule has 0 unspecified atom stereocenters. The highest BCUT2D eigenvalue weighted by Gasteiger charge is 2.29. The summed E-state index contributed by atoms with van der Waals surface area (Å²) in [7, 11) is -0.462. The molecule has 1 aliphatic carbocycles. The molecule has 0 saturated heterocycles. The van der Waals surface area contributed by atoms with Crippen LogP contribution >= 0.6 is 0 Å². The van der Waals surface area contributed by atoms with Crippen LogP contribution in [0.2, 0.25) is 0 Å². The van der Waals surface area contributed by atoms with Gasteiger partial charge in [0, 0.05) is 20.6 Å². The fraction of sp³-hybridized carbons (Fsp3) is 0.600. The van der Waals surface area contributed by atoms with E-state index in [1.165, 1.54) is 18.4 Å². The lowest BCUT2D eigenvalue weighted by Crippen LogP contribution is -2.39. The van der Waals surface area contributed by atoms with Gasteiger partial charge in [0.05, 0.1) is 11.3 Å². The Labute approximate surface area is 127 Å². The zero-order chi connectivity index (χ0) is 15.5. The van der Waals surface area contributed by atoms with Crippen LogP contribution < -0.4 is 5.32 Å². The Morgan fingerprint density at radius 3 is 2.43 bits per heavy atom. The van der Waals surface area contributed by atoms with Crippen LogP contribution in [0, 0.1) is 0 Å². The Kier molecular flexibility index (Phi) is 4.91. The average Bonchev–Trinajstić information content (AvgIpc) is 2.46. The van der Waals surface area contributed by atoms with Crippen molar-refractivity contribution < 1.29 is 13.5 Å². The fourth-order valence-electron chi connectivity index (χ4n) is 2.68. The Hall–Kier alpha value is -1.11. The summed E-state index contributed by atoms with van der Waals surface area (Å²) in [5.41, 5.74) is -0.182. The summed E-state index contributed by atoms with van der Waals surface area (Å²) in [5, 5.41) is 13.6. The number of nitrogens with zero attached hydrogens (tertiary/aromatic N) is 1. The van der Waals surface area contributed by atoms with Crippen molar-refractivity contribution in [1.82, 2.24) is 4.31 Å². The van der Waals surface area contributed by atoms with Crippen molar-refractivity contribution in [3.05, 3.63) is 24.3 Å². The normalized spacial score (nSPS) is 18.7. The summed E-state index contributed by atoms with van der Waals surface area (Å²) in [4.78, 5) is 0.245. The molecule has 1 aromatic carbocycles. The van der Waals surface area contributed by atoms with Gasteiger partial charge in [0.1, 0.15) is 4.90 Å². The molecule has 21 heavy (non-hydrogen) atoms. The summed E-state index contributed by atoms with van der Waals surface area (Å²) < 4.78 is 25.8. The smallest absolute Gasteiger partial charge is 0.244 e. The first kappa shape index (κ1) is 16.3. The number of para-hydroxylation sites is 1. The van der Waals surface area contributed by atoms with Gasteiger partial charge >= 0.3 is 0 Å². The van der Waals surface area contributed by atoms with Gasteiger partial charge in [-0.3, -0.25) is 0 Å². The van der Waals surface area contributed by atoms with Crippen LogP contribution in [0.15, 0.2) is 29.2 Å². The molecule has 2 N–H and O–H groups in total. The number of rotatable bonds is 5. The molecule has 0 bridgehead atoms. The van der Waals surface area contributed by atoms with Crippen LogP contribution in [-0.2, 0) is 10.0 Å². The third-order valence-corrected chi connectivity index (χ3v) is 5.91. The second kappa shape index (κ2) is 6.34. The maximum atomic E-state index is 12.3. The third-order valence-electron chi connectivity index (χ3n) is 4.04. The molecular weight excluding hydrogens is 288 g/mol. The summed E-state index contributed by atoms with van der Waals surface area (Å²) in [5.74, 6) is 0. The highest BCUT2D eigenvalue weighted by atomic mass is 32.2. The number of nitrogens with one attached hydrogen (secondary N) is 1. The lowest BCUT2D eigenvalue weighted by Gasteiger charge is -2.32. The molecule has 0 aromatic heterocycles. The van der Waals surface area contributed by atoms with Gasteiger partial charge in [0.15, 0.2) is 0 Å². The molecule has 0 amide bonds. The van der Waals surface area contributed by atoms with E-state index in [2.05, 4.69) is 5.32 Å². The summed E-state index contributed by atoms with van der Waals surface area (Å²) in [6.07, 6.45) is 4.74. The molecule has 0 spiro atoms. The van der Waals surface area contributed by atoms with E-state index < -0.39 is 15.6 Å². The van der Waals surface area contributed by atoms with E-state index >= 15 is 0 Å². The van der Waals surface area contributed by atoms with Crippen molar-refractivity contribution in [1.29, 1.82) is 0 Å². The van der Waals surface area contributed by atoms with E-state index in [0.29, 0.717) is 12.2 Å². The number of aliphatic hydroxyl groups is 1. The SMILES string of the molecule is CN(C)S(=O)(=O)c1ccccc1NCC1(O)CCCCC1. The van der Waals surface area contributed by atoms with Crippen molar-refractivity contribution in [3.8, 4) is 0 Å². The molecule has 1 aromatic rings. The quantitative estimate of drug-likeness (QED) is 0.873. The Bertz CT molecular complexity index is 578. The van der Waals surface area contributed by atoms with E-state index in [-0.39, 0.29) is 4.90 Å². The summed E-state index contributed by atoms with van der Waals surface area (Å²) in [6.45, 7) is 0.382. The van der Waals surface area contributed by atoms with Crippen LogP contribution in [0.5, 0.6) is 0 Å². The first-order chi connectivity index (χ1) is 9.85. The van der Waals surface area contributed by atoms with Crippen LogP contribution in [0.4, 0.5) is 5.69 Å². The number of hydrogen-bond donors (Lipinski definition) is 2. The third kappa shape index (κ3) is 3.75. The minimum Gasteiger partial charge on any atom is -0.388 e. The van der Waals surface area contributed by atoms with E-state index in [9.17, 15) is 13.5 Å². The van der Waals surface area contributed by atoms with Gasteiger partial charge < -0.3 is 10.4 Å². The van der Waals surface area contributed by atoms with Crippen molar-refractivity contribution in [2.24, 2.45) is 0 Å². The summed E-state index contributed by atoms with van der Waals surface area (Å²) >= 11 is 0. The molecule has 1 saturated carbocycles. The van der Waals surface area contributed by atoms with Gasteiger partial charge in [-0.15, -0.1) is 0 Å². The molecule has 118 valence electrons. The molecule has 1 aliphatic rings. The summed E-state index contributed by atoms with van der Waals surface area (Å²) in [6, 6.07) is 6.82. The molecule has 0 aliphatic heterocycles. The van der Waals surface area contributed by atoms with Crippen LogP contribution in [0.3, 0.4) is 0 Å². The van der Waals surface area contributed by atoms with Gasteiger partial charge in [-0.25, -0.2) is 12.7 Å². The Morgan fingerprint density at radius 2 is 1.81 bits per heavy atom. The molecule has 0 atom stereocenters. The van der Waals surface area contributed by atoms with Crippen LogP contribution in [-0.4, -0.2) is 44.1 Å². The second-order valence-corrected chi connectivity index (χ2v) is 8.04. The first-order valence-electron chi connectivity index (χ1n) is 7.33. The minimum atomic E-state index is -3.49. The van der Waals surface area contributed by atoms with Crippen molar-refractivity contribution in [2.75, 3.05) is 26.0 Å². The number of sulfonamides is 1. The molecule has 0 radical (unpaired) electrons. The fourth-order valence-corrected chi connectivity index (χ4v) is 3.74. The Morgan fingerprint density at radius 1 is 1.19 bits per heavy atom. The Balaban J connectivity index is 2.18. The molecule has 0 heterocycles. The molecule has 2 rings (SSSR count). The largest absolute Gasteiger partial charge is 0.388 e. The van der Waals surface area contributed by atoms with Crippen molar-refractivity contribution >= 4 is 15.7 Å².